The molecule has 0 N–H and O–H groups in total. The summed E-state index contributed by atoms with van der Waals surface area (Å²) in [6.45, 7) is 0.985. The molecule has 0 radical (unpaired) electrons. The summed E-state index contributed by atoms with van der Waals surface area (Å²) in [4.78, 5) is 33.0. The highest BCUT2D eigenvalue weighted by Crippen LogP contribution is 2.22. The maximum Gasteiger partial charge on any atom is 0.274 e. The first-order valence-corrected chi connectivity index (χ1v) is 11.6. The lowest BCUT2D eigenvalue weighted by molar-refractivity contribution is 0.0533. The van der Waals surface area contributed by atoms with E-state index in [1.165, 1.54) is 26.3 Å². The molecule has 4 rings (SSSR count). The molecule has 31 heavy (non-hydrogen) atoms. The van der Waals surface area contributed by atoms with Crippen molar-refractivity contribution in [3.05, 3.63) is 64.7 Å². The molecular weight excluding hydrogens is 447 g/mol. The van der Waals surface area contributed by atoms with Crippen LogP contribution in [-0.2, 0) is 9.84 Å². The molecule has 162 valence electrons. The summed E-state index contributed by atoms with van der Waals surface area (Å²) >= 11 is 5.99. The Morgan fingerprint density at radius 2 is 1.68 bits per heavy atom. The van der Waals surface area contributed by atoms with E-state index in [2.05, 4.69) is 4.98 Å². The van der Waals surface area contributed by atoms with Crippen LogP contribution in [0.1, 0.15) is 20.8 Å². The van der Waals surface area contributed by atoms with Crippen molar-refractivity contribution in [2.24, 2.45) is 0 Å². The van der Waals surface area contributed by atoms with Gasteiger partial charge in [0.1, 0.15) is 5.82 Å². The van der Waals surface area contributed by atoms with Crippen molar-refractivity contribution in [1.29, 1.82) is 0 Å². The third-order valence-electron chi connectivity index (χ3n) is 5.07. The lowest BCUT2D eigenvalue weighted by atomic mass is 10.1. The van der Waals surface area contributed by atoms with Crippen LogP contribution in [0.25, 0.3) is 5.52 Å². The molecule has 8 nitrogen and oxygen atoms in total. The SMILES string of the molecule is CS(=O)(=O)c1nc(C(=O)N2CCN(C(=O)c3ccc(F)cc3Cl)CC2)c2ccccn12. The van der Waals surface area contributed by atoms with Crippen LogP contribution in [0.15, 0.2) is 47.8 Å². The van der Waals surface area contributed by atoms with Gasteiger partial charge in [-0.15, -0.1) is 0 Å². The second-order valence-corrected chi connectivity index (χ2v) is 9.50. The fraction of sp³-hybridized carbons (Fsp3) is 0.250. The van der Waals surface area contributed by atoms with Gasteiger partial charge in [0.05, 0.1) is 16.1 Å². The molecule has 0 unspecified atom stereocenters. The quantitative estimate of drug-likeness (QED) is 0.592. The second kappa shape index (κ2) is 7.93. The van der Waals surface area contributed by atoms with Crippen LogP contribution in [-0.4, -0.2) is 71.9 Å². The van der Waals surface area contributed by atoms with E-state index in [0.29, 0.717) is 5.52 Å². The number of hydrogen-bond donors (Lipinski definition) is 0. The standard InChI is InChI=1S/C20H18ClFN4O4S/c1-31(29,30)20-23-17(16-4-2-3-7-26(16)20)19(28)25-10-8-24(9-11-25)18(27)14-6-5-13(22)12-15(14)21/h2-7,12H,8-11H2,1H3. The number of carbonyl (C=O) groups excluding carboxylic acids is 2. The van der Waals surface area contributed by atoms with Gasteiger partial charge in [-0.2, -0.15) is 0 Å². The van der Waals surface area contributed by atoms with Crippen LogP contribution in [0, 0.1) is 5.82 Å². The molecule has 11 heteroatoms. The van der Waals surface area contributed by atoms with Crippen LogP contribution in [0.3, 0.4) is 0 Å². The number of carbonyl (C=O) groups is 2. The maximum atomic E-state index is 13.2. The molecule has 3 heterocycles. The van der Waals surface area contributed by atoms with Gasteiger partial charge in [-0.05, 0) is 30.3 Å². The monoisotopic (exact) mass is 464 g/mol. The molecule has 0 spiro atoms. The zero-order chi connectivity index (χ0) is 22.3. The molecule has 2 aromatic heterocycles. The van der Waals surface area contributed by atoms with E-state index in [1.807, 2.05) is 0 Å². The summed E-state index contributed by atoms with van der Waals surface area (Å²) in [5.41, 5.74) is 0.632. The van der Waals surface area contributed by atoms with Crippen molar-refractivity contribution in [2.45, 2.75) is 5.16 Å². The summed E-state index contributed by atoms with van der Waals surface area (Å²) in [5.74, 6) is -1.29. The van der Waals surface area contributed by atoms with Gasteiger partial charge in [0, 0.05) is 38.6 Å². The van der Waals surface area contributed by atoms with Crippen molar-refractivity contribution in [1.82, 2.24) is 19.2 Å². The van der Waals surface area contributed by atoms with Crippen molar-refractivity contribution >= 4 is 38.8 Å². The normalized spacial score (nSPS) is 14.8. The van der Waals surface area contributed by atoms with E-state index in [4.69, 9.17) is 11.6 Å². The number of nitrogens with zero attached hydrogens (tertiary/aromatic N) is 4. The Morgan fingerprint density at radius 1 is 1.03 bits per heavy atom. The highest BCUT2D eigenvalue weighted by molar-refractivity contribution is 7.90. The van der Waals surface area contributed by atoms with Gasteiger partial charge in [0.25, 0.3) is 11.8 Å². The largest absolute Gasteiger partial charge is 0.335 e. The highest BCUT2D eigenvalue weighted by Gasteiger charge is 2.30. The van der Waals surface area contributed by atoms with Crippen molar-refractivity contribution in [2.75, 3.05) is 32.4 Å². The average Bonchev–Trinajstić information content (AvgIpc) is 3.13. The van der Waals surface area contributed by atoms with Crippen LogP contribution in [0.4, 0.5) is 4.39 Å². The van der Waals surface area contributed by atoms with E-state index in [9.17, 15) is 22.4 Å². The molecule has 0 bridgehead atoms. The maximum absolute atomic E-state index is 13.2. The highest BCUT2D eigenvalue weighted by atomic mass is 35.5. The van der Waals surface area contributed by atoms with E-state index < -0.39 is 21.6 Å². The Balaban J connectivity index is 1.53. The Bertz CT molecular complexity index is 1300. The van der Waals surface area contributed by atoms with E-state index in [0.717, 1.165) is 12.3 Å². The molecule has 1 saturated heterocycles. The number of amides is 2. The van der Waals surface area contributed by atoms with Gasteiger partial charge in [-0.3, -0.25) is 14.0 Å². The fourth-order valence-corrected chi connectivity index (χ4v) is 4.55. The summed E-state index contributed by atoms with van der Waals surface area (Å²) in [7, 11) is -3.64. The molecule has 1 aliphatic heterocycles. The minimum atomic E-state index is -3.64. The topological polar surface area (TPSA) is 92.1 Å². The lowest BCUT2D eigenvalue weighted by Crippen LogP contribution is -2.50. The summed E-state index contributed by atoms with van der Waals surface area (Å²) in [5, 5.41) is -0.174. The van der Waals surface area contributed by atoms with Gasteiger partial charge in [-0.25, -0.2) is 17.8 Å². The minimum absolute atomic E-state index is 0.0290. The molecule has 2 amide bonds. The van der Waals surface area contributed by atoms with Crippen LogP contribution in [0.5, 0.6) is 0 Å². The molecule has 1 fully saturated rings. The molecule has 1 aliphatic rings. The Morgan fingerprint density at radius 3 is 2.29 bits per heavy atom. The number of fused-ring (bicyclic) bond motifs is 1. The van der Waals surface area contributed by atoms with Gasteiger partial charge >= 0.3 is 0 Å². The number of benzene rings is 1. The number of halogens is 2. The molecular formula is C20H18ClFN4O4S. The number of aromatic nitrogens is 2. The van der Waals surface area contributed by atoms with Crippen molar-refractivity contribution in [3.63, 3.8) is 0 Å². The van der Waals surface area contributed by atoms with Gasteiger partial charge < -0.3 is 9.80 Å². The number of pyridine rings is 1. The Kier molecular flexibility index (Phi) is 5.44. The third-order valence-corrected chi connectivity index (χ3v) is 6.33. The van der Waals surface area contributed by atoms with Gasteiger partial charge in [0.2, 0.25) is 15.0 Å². The van der Waals surface area contributed by atoms with E-state index >= 15 is 0 Å². The molecule has 0 atom stereocenters. The Labute approximate surface area is 182 Å². The summed E-state index contributed by atoms with van der Waals surface area (Å²) < 4.78 is 38.8. The zero-order valence-corrected chi connectivity index (χ0v) is 18.0. The van der Waals surface area contributed by atoms with Crippen molar-refractivity contribution in [3.8, 4) is 0 Å². The van der Waals surface area contributed by atoms with Crippen molar-refractivity contribution < 1.29 is 22.4 Å². The summed E-state index contributed by atoms with van der Waals surface area (Å²) in [6, 6.07) is 8.57. The number of sulfone groups is 1. The van der Waals surface area contributed by atoms with Gasteiger partial charge in [-0.1, -0.05) is 17.7 Å². The first-order valence-electron chi connectivity index (χ1n) is 9.37. The third kappa shape index (κ3) is 4.00. The predicted octanol–water partition coefficient (Wildman–Crippen LogP) is 2.13. The second-order valence-electron chi connectivity index (χ2n) is 7.18. The van der Waals surface area contributed by atoms with E-state index in [1.54, 1.807) is 24.4 Å². The Hall–Kier alpha value is -2.98. The van der Waals surface area contributed by atoms with E-state index in [-0.39, 0.29) is 53.5 Å². The minimum Gasteiger partial charge on any atom is -0.335 e. The number of piperazine rings is 1. The molecule has 0 aliphatic carbocycles. The molecule has 3 aromatic rings. The number of imidazole rings is 1. The van der Waals surface area contributed by atoms with Gasteiger partial charge in [0.15, 0.2) is 5.69 Å². The smallest absolute Gasteiger partial charge is 0.274 e. The number of hydrogen-bond acceptors (Lipinski definition) is 5. The zero-order valence-electron chi connectivity index (χ0n) is 16.5. The molecule has 1 aromatic carbocycles. The van der Waals surface area contributed by atoms with Crippen LogP contribution < -0.4 is 0 Å². The van der Waals surface area contributed by atoms with Crippen LogP contribution >= 0.6 is 11.6 Å². The summed E-state index contributed by atoms with van der Waals surface area (Å²) in [6.07, 6.45) is 2.58. The molecule has 0 saturated carbocycles. The van der Waals surface area contributed by atoms with Crippen LogP contribution in [0.2, 0.25) is 5.02 Å². The first-order chi connectivity index (χ1) is 14.7. The average molecular weight is 465 g/mol. The number of rotatable bonds is 3. The first kappa shape index (κ1) is 21.3. The predicted molar refractivity (Wildman–Crippen MR) is 112 cm³/mol. The fourth-order valence-electron chi connectivity index (χ4n) is 3.52. The lowest BCUT2D eigenvalue weighted by Gasteiger charge is -2.34.